The molecule has 4 rings (SSSR count). The molecule has 2 aromatic carbocycles. The second-order valence-corrected chi connectivity index (χ2v) is 8.05. The molecule has 4 aromatic rings. The second-order valence-electron chi connectivity index (χ2n) is 6.96. The van der Waals surface area contributed by atoms with E-state index in [4.69, 9.17) is 4.74 Å². The molecule has 6 nitrogen and oxygen atoms in total. The van der Waals surface area contributed by atoms with Crippen LogP contribution in [0.4, 0.5) is 14.9 Å². The van der Waals surface area contributed by atoms with Crippen molar-refractivity contribution in [3.63, 3.8) is 0 Å². The van der Waals surface area contributed by atoms with Crippen LogP contribution in [0.15, 0.2) is 42.7 Å². The third-order valence-electron chi connectivity index (χ3n) is 4.84. The number of amides is 1. The Kier molecular flexibility index (Phi) is 5.50. The Morgan fingerprint density at radius 2 is 2.10 bits per heavy atom. The van der Waals surface area contributed by atoms with E-state index in [2.05, 4.69) is 15.3 Å². The number of benzene rings is 2. The Bertz CT molecular complexity index is 1230. The second kappa shape index (κ2) is 8.23. The number of hydrogen-bond donors (Lipinski definition) is 1. The lowest BCUT2D eigenvalue weighted by Crippen LogP contribution is -2.13. The van der Waals surface area contributed by atoms with Gasteiger partial charge in [0.25, 0.3) is 0 Å². The molecule has 0 spiro atoms. The average Bonchev–Trinajstić information content (AvgIpc) is 3.29. The van der Waals surface area contributed by atoms with E-state index in [-0.39, 0.29) is 12.4 Å². The van der Waals surface area contributed by atoms with Crippen molar-refractivity contribution >= 4 is 34.2 Å². The molecule has 0 fully saturated rings. The number of halogens is 1. The van der Waals surface area contributed by atoms with Gasteiger partial charge in [-0.15, -0.1) is 11.3 Å². The SMILES string of the molecule is CCc1nc(-c2ccc(F)cc2C)sc1COC(=O)Nc1ccc2c(c1)ncn2C. The fourth-order valence-electron chi connectivity index (χ4n) is 3.25. The molecule has 8 heteroatoms. The molecule has 0 atom stereocenters. The summed E-state index contributed by atoms with van der Waals surface area (Å²) in [7, 11) is 1.92. The van der Waals surface area contributed by atoms with Gasteiger partial charge in [0.05, 0.1) is 27.9 Å². The van der Waals surface area contributed by atoms with Gasteiger partial charge in [0, 0.05) is 18.3 Å². The third-order valence-corrected chi connectivity index (χ3v) is 5.94. The Balaban J connectivity index is 1.45. The zero-order valence-corrected chi connectivity index (χ0v) is 17.7. The third kappa shape index (κ3) is 4.04. The number of rotatable bonds is 5. The van der Waals surface area contributed by atoms with Crippen LogP contribution in [0, 0.1) is 12.7 Å². The van der Waals surface area contributed by atoms with Gasteiger partial charge in [-0.05, 0) is 55.3 Å². The molecule has 0 saturated carbocycles. The quantitative estimate of drug-likeness (QED) is 0.462. The van der Waals surface area contributed by atoms with Crippen LogP contribution < -0.4 is 5.32 Å². The summed E-state index contributed by atoms with van der Waals surface area (Å²) in [6, 6.07) is 10.2. The van der Waals surface area contributed by atoms with E-state index in [1.807, 2.05) is 37.6 Å². The Hall–Kier alpha value is -3.26. The lowest BCUT2D eigenvalue weighted by atomic mass is 10.1. The van der Waals surface area contributed by atoms with Gasteiger partial charge in [0.15, 0.2) is 0 Å². The lowest BCUT2D eigenvalue weighted by Gasteiger charge is -2.07. The van der Waals surface area contributed by atoms with Gasteiger partial charge in [0.2, 0.25) is 0 Å². The number of hydrogen-bond acceptors (Lipinski definition) is 5. The van der Waals surface area contributed by atoms with Crippen LogP contribution in [0.1, 0.15) is 23.1 Å². The highest BCUT2D eigenvalue weighted by Crippen LogP contribution is 2.31. The predicted octanol–water partition coefficient (Wildman–Crippen LogP) is 5.46. The van der Waals surface area contributed by atoms with E-state index in [9.17, 15) is 9.18 Å². The molecule has 0 saturated heterocycles. The number of aryl methyl sites for hydroxylation is 3. The topological polar surface area (TPSA) is 69.0 Å². The number of aromatic nitrogens is 3. The number of nitrogens with zero attached hydrogens (tertiary/aromatic N) is 3. The van der Waals surface area contributed by atoms with Crippen LogP contribution in [0.3, 0.4) is 0 Å². The standard InChI is InChI=1S/C22H21FN4O2S/c1-4-17-20(30-21(26-17)16-7-5-14(23)9-13(16)2)11-29-22(28)25-15-6-8-19-18(10-15)24-12-27(19)3/h5-10,12H,4,11H2,1-3H3,(H,25,28). The van der Waals surface area contributed by atoms with Crippen molar-refractivity contribution in [2.24, 2.45) is 7.05 Å². The molecule has 0 aliphatic rings. The summed E-state index contributed by atoms with van der Waals surface area (Å²) in [4.78, 5) is 22.1. The molecule has 0 unspecified atom stereocenters. The summed E-state index contributed by atoms with van der Waals surface area (Å²) in [5.41, 5.74) is 4.98. The van der Waals surface area contributed by atoms with E-state index >= 15 is 0 Å². The molecule has 2 aromatic heterocycles. The summed E-state index contributed by atoms with van der Waals surface area (Å²) in [5, 5.41) is 3.53. The molecule has 0 aliphatic carbocycles. The monoisotopic (exact) mass is 424 g/mol. The summed E-state index contributed by atoms with van der Waals surface area (Å²) in [6.45, 7) is 3.98. The number of fused-ring (bicyclic) bond motifs is 1. The maximum atomic E-state index is 13.4. The van der Waals surface area contributed by atoms with Gasteiger partial charge in [0.1, 0.15) is 17.4 Å². The van der Waals surface area contributed by atoms with Gasteiger partial charge >= 0.3 is 6.09 Å². The van der Waals surface area contributed by atoms with E-state index in [0.717, 1.165) is 37.7 Å². The molecule has 30 heavy (non-hydrogen) atoms. The van der Waals surface area contributed by atoms with E-state index in [1.54, 1.807) is 18.5 Å². The van der Waals surface area contributed by atoms with Crippen LogP contribution >= 0.6 is 11.3 Å². The first-order valence-electron chi connectivity index (χ1n) is 9.54. The van der Waals surface area contributed by atoms with Crippen molar-refractivity contribution in [3.8, 4) is 10.6 Å². The van der Waals surface area contributed by atoms with E-state index in [0.29, 0.717) is 12.1 Å². The molecule has 0 radical (unpaired) electrons. The van der Waals surface area contributed by atoms with Crippen LogP contribution in [-0.2, 0) is 24.8 Å². The van der Waals surface area contributed by atoms with Crippen LogP contribution in [0.25, 0.3) is 21.6 Å². The zero-order chi connectivity index (χ0) is 21.3. The molecule has 1 N–H and O–H groups in total. The normalized spacial score (nSPS) is 11.1. The highest BCUT2D eigenvalue weighted by Gasteiger charge is 2.15. The summed E-state index contributed by atoms with van der Waals surface area (Å²) >= 11 is 1.46. The molecule has 2 heterocycles. The van der Waals surface area contributed by atoms with Crippen LogP contribution in [-0.4, -0.2) is 20.6 Å². The smallest absolute Gasteiger partial charge is 0.411 e. The van der Waals surface area contributed by atoms with Crippen molar-refractivity contribution in [3.05, 3.63) is 64.7 Å². The first kappa shape index (κ1) is 20.0. The Morgan fingerprint density at radius 3 is 2.87 bits per heavy atom. The molecular formula is C22H21FN4O2S. The summed E-state index contributed by atoms with van der Waals surface area (Å²) < 4.78 is 20.7. The Labute approximate surface area is 177 Å². The number of carbonyl (C=O) groups is 1. The van der Waals surface area contributed by atoms with Crippen molar-refractivity contribution in [2.45, 2.75) is 26.9 Å². The fourth-order valence-corrected chi connectivity index (χ4v) is 4.41. The minimum atomic E-state index is -0.541. The molecule has 0 bridgehead atoms. The minimum Gasteiger partial charge on any atom is -0.444 e. The Morgan fingerprint density at radius 1 is 1.27 bits per heavy atom. The van der Waals surface area contributed by atoms with Gasteiger partial charge in [-0.1, -0.05) is 6.92 Å². The van der Waals surface area contributed by atoms with Gasteiger partial charge in [-0.25, -0.2) is 19.2 Å². The molecule has 154 valence electrons. The van der Waals surface area contributed by atoms with E-state index < -0.39 is 6.09 Å². The lowest BCUT2D eigenvalue weighted by molar-refractivity contribution is 0.156. The fraction of sp³-hybridized carbons (Fsp3) is 0.227. The average molecular weight is 425 g/mol. The zero-order valence-electron chi connectivity index (χ0n) is 16.9. The molecular weight excluding hydrogens is 403 g/mol. The van der Waals surface area contributed by atoms with Crippen LogP contribution in [0.5, 0.6) is 0 Å². The number of thiazole rings is 1. The summed E-state index contributed by atoms with van der Waals surface area (Å²) in [5.74, 6) is -0.271. The number of ether oxygens (including phenoxy) is 1. The van der Waals surface area contributed by atoms with E-state index in [1.165, 1.54) is 23.5 Å². The minimum absolute atomic E-state index is 0.124. The van der Waals surface area contributed by atoms with Crippen LogP contribution in [0.2, 0.25) is 0 Å². The van der Waals surface area contributed by atoms with Crippen molar-refractivity contribution < 1.29 is 13.9 Å². The predicted molar refractivity (Wildman–Crippen MR) is 116 cm³/mol. The molecule has 0 aliphatic heterocycles. The highest BCUT2D eigenvalue weighted by molar-refractivity contribution is 7.15. The van der Waals surface area contributed by atoms with Crippen molar-refractivity contribution in [1.82, 2.24) is 14.5 Å². The van der Waals surface area contributed by atoms with Gasteiger partial charge in [-0.2, -0.15) is 0 Å². The number of nitrogens with one attached hydrogen (secondary N) is 1. The van der Waals surface area contributed by atoms with Crippen molar-refractivity contribution in [1.29, 1.82) is 0 Å². The first-order valence-corrected chi connectivity index (χ1v) is 10.4. The molecule has 1 amide bonds. The maximum Gasteiger partial charge on any atom is 0.411 e. The number of anilines is 1. The van der Waals surface area contributed by atoms with Gasteiger partial charge < -0.3 is 9.30 Å². The summed E-state index contributed by atoms with van der Waals surface area (Å²) in [6.07, 6.45) is 1.90. The van der Waals surface area contributed by atoms with Gasteiger partial charge in [-0.3, -0.25) is 5.32 Å². The highest BCUT2D eigenvalue weighted by atomic mass is 32.1. The number of carbonyl (C=O) groups excluding carboxylic acids is 1. The first-order chi connectivity index (χ1) is 14.4. The van der Waals surface area contributed by atoms with Crippen molar-refractivity contribution in [2.75, 3.05) is 5.32 Å². The number of imidazole rings is 1. The maximum absolute atomic E-state index is 13.4. The largest absolute Gasteiger partial charge is 0.444 e.